The number of aromatic nitrogens is 1. The van der Waals surface area contributed by atoms with Gasteiger partial charge < -0.3 is 0 Å². The summed E-state index contributed by atoms with van der Waals surface area (Å²) in [5, 5.41) is 0. The van der Waals surface area contributed by atoms with Crippen molar-refractivity contribution in [2.24, 2.45) is 0 Å². The maximum absolute atomic E-state index is 12.0. The van der Waals surface area contributed by atoms with Crippen LogP contribution >= 0.6 is 0 Å². The summed E-state index contributed by atoms with van der Waals surface area (Å²) in [5.74, 6) is 0. The van der Waals surface area contributed by atoms with Crippen LogP contribution in [0.1, 0.15) is 18.5 Å². The van der Waals surface area contributed by atoms with E-state index < -0.39 is 10.0 Å². The minimum atomic E-state index is -3.32. The van der Waals surface area contributed by atoms with Crippen LogP contribution in [0.2, 0.25) is 0 Å². The lowest BCUT2D eigenvalue weighted by molar-refractivity contribution is 0.464. The van der Waals surface area contributed by atoms with Crippen molar-refractivity contribution in [1.82, 2.24) is 9.29 Å². The Bertz CT molecular complexity index is 449. The quantitative estimate of drug-likeness (QED) is 0.777. The van der Waals surface area contributed by atoms with Crippen molar-refractivity contribution in [2.45, 2.75) is 30.7 Å². The number of nitrogens with zero attached hydrogens (tertiary/aromatic N) is 2. The van der Waals surface area contributed by atoms with Gasteiger partial charge in [0.25, 0.3) is 0 Å². The summed E-state index contributed by atoms with van der Waals surface area (Å²) in [6.45, 7) is 1.83. The Morgan fingerprint density at radius 2 is 2.07 bits per heavy atom. The Hall–Kier alpha value is -0.940. The van der Waals surface area contributed by atoms with Gasteiger partial charge in [0, 0.05) is 25.0 Å². The first-order valence-corrected chi connectivity index (χ1v) is 6.36. The molecule has 0 amide bonds. The lowest BCUT2D eigenvalue weighted by atomic mass is 10.4. The highest BCUT2D eigenvalue weighted by Gasteiger charge is 2.35. The lowest BCUT2D eigenvalue weighted by Crippen LogP contribution is -2.29. The van der Waals surface area contributed by atoms with E-state index in [0.717, 1.165) is 18.5 Å². The molecular weight excluding hydrogens is 212 g/mol. The van der Waals surface area contributed by atoms with Crippen LogP contribution in [0.4, 0.5) is 0 Å². The van der Waals surface area contributed by atoms with Crippen molar-refractivity contribution in [3.63, 3.8) is 0 Å². The Morgan fingerprint density at radius 1 is 1.40 bits per heavy atom. The maximum atomic E-state index is 12.0. The minimum absolute atomic E-state index is 0.191. The molecule has 0 saturated heterocycles. The fraction of sp³-hybridized carbons (Fsp3) is 0.500. The van der Waals surface area contributed by atoms with Gasteiger partial charge in [-0.05, 0) is 31.9 Å². The number of sulfonamides is 1. The molecule has 0 radical (unpaired) electrons. The standard InChI is InChI=1S/C10H14N2O2S/c1-8-3-6-10(7-11-8)15(13,14)12(2)9-4-5-9/h3,6-7,9H,4-5H2,1-2H3. The summed E-state index contributed by atoms with van der Waals surface area (Å²) in [5.41, 5.74) is 0.822. The molecule has 0 aliphatic heterocycles. The van der Waals surface area contributed by atoms with Crippen molar-refractivity contribution in [3.8, 4) is 0 Å². The number of hydrogen-bond acceptors (Lipinski definition) is 3. The van der Waals surface area contributed by atoms with Crippen LogP contribution in [0.15, 0.2) is 23.2 Å². The van der Waals surface area contributed by atoms with Gasteiger partial charge in [0.1, 0.15) is 4.90 Å². The summed E-state index contributed by atoms with van der Waals surface area (Å²) in [7, 11) is -1.69. The molecule has 1 aliphatic carbocycles. The molecule has 1 fully saturated rings. The Labute approximate surface area is 90.0 Å². The fourth-order valence-electron chi connectivity index (χ4n) is 1.41. The van der Waals surface area contributed by atoms with Crippen molar-refractivity contribution in [3.05, 3.63) is 24.0 Å². The van der Waals surface area contributed by atoms with Crippen LogP contribution in [0, 0.1) is 6.92 Å². The van der Waals surface area contributed by atoms with E-state index in [9.17, 15) is 8.42 Å². The van der Waals surface area contributed by atoms with Crippen molar-refractivity contribution < 1.29 is 8.42 Å². The molecule has 1 aromatic rings. The van der Waals surface area contributed by atoms with Crippen LogP contribution < -0.4 is 0 Å². The first-order chi connectivity index (χ1) is 7.01. The molecule has 0 N–H and O–H groups in total. The van der Waals surface area contributed by atoms with Crippen LogP contribution in [0.25, 0.3) is 0 Å². The van der Waals surface area contributed by atoms with Crippen molar-refractivity contribution in [2.75, 3.05) is 7.05 Å². The van der Waals surface area contributed by atoms with E-state index in [-0.39, 0.29) is 10.9 Å². The van der Waals surface area contributed by atoms with Gasteiger partial charge in [0.05, 0.1) is 0 Å². The van der Waals surface area contributed by atoms with Gasteiger partial charge in [0.15, 0.2) is 0 Å². The zero-order valence-electron chi connectivity index (χ0n) is 8.84. The van der Waals surface area contributed by atoms with Crippen molar-refractivity contribution >= 4 is 10.0 Å². The van der Waals surface area contributed by atoms with Gasteiger partial charge in [-0.1, -0.05) is 0 Å². The highest BCUT2D eigenvalue weighted by Crippen LogP contribution is 2.30. The van der Waals surface area contributed by atoms with Gasteiger partial charge >= 0.3 is 0 Å². The van der Waals surface area contributed by atoms with E-state index >= 15 is 0 Å². The first-order valence-electron chi connectivity index (χ1n) is 4.92. The molecule has 15 heavy (non-hydrogen) atoms. The summed E-state index contributed by atoms with van der Waals surface area (Å²) >= 11 is 0. The largest absolute Gasteiger partial charge is 0.260 e. The monoisotopic (exact) mass is 226 g/mol. The second kappa shape index (κ2) is 3.57. The van der Waals surface area contributed by atoms with Gasteiger partial charge in [-0.25, -0.2) is 8.42 Å². The Balaban J connectivity index is 2.32. The van der Waals surface area contributed by atoms with Gasteiger partial charge in [-0.2, -0.15) is 4.31 Å². The third-order valence-corrected chi connectivity index (χ3v) is 4.52. The molecule has 0 unspecified atom stereocenters. The molecule has 0 bridgehead atoms. The predicted octanol–water partition coefficient (Wildman–Crippen LogP) is 1.17. The highest BCUT2D eigenvalue weighted by atomic mass is 32.2. The topological polar surface area (TPSA) is 50.3 Å². The maximum Gasteiger partial charge on any atom is 0.244 e. The van der Waals surface area contributed by atoms with Crippen LogP contribution in [0.3, 0.4) is 0 Å². The zero-order chi connectivity index (χ0) is 11.1. The number of rotatable bonds is 3. The molecule has 0 atom stereocenters. The van der Waals surface area contributed by atoms with Crippen LogP contribution in [0.5, 0.6) is 0 Å². The molecule has 2 rings (SSSR count). The summed E-state index contributed by atoms with van der Waals surface area (Å²) in [6.07, 6.45) is 3.35. The smallest absolute Gasteiger partial charge is 0.244 e. The molecular formula is C10H14N2O2S. The van der Waals surface area contributed by atoms with E-state index in [1.54, 1.807) is 19.2 Å². The highest BCUT2D eigenvalue weighted by molar-refractivity contribution is 7.89. The normalized spacial score (nSPS) is 17.0. The number of hydrogen-bond donors (Lipinski definition) is 0. The summed E-state index contributed by atoms with van der Waals surface area (Å²) in [4.78, 5) is 4.28. The third kappa shape index (κ3) is 2.03. The molecule has 0 aromatic carbocycles. The molecule has 0 spiro atoms. The average Bonchev–Trinajstić information content (AvgIpc) is 3.00. The second-order valence-corrected chi connectivity index (χ2v) is 5.89. The van der Waals surface area contributed by atoms with Gasteiger partial charge in [0.2, 0.25) is 10.0 Å². The first kappa shape index (κ1) is 10.6. The third-order valence-electron chi connectivity index (χ3n) is 2.62. The van der Waals surface area contributed by atoms with Gasteiger partial charge in [-0.15, -0.1) is 0 Å². The van der Waals surface area contributed by atoms with Crippen LogP contribution in [-0.4, -0.2) is 30.8 Å². The molecule has 1 saturated carbocycles. The summed E-state index contributed by atoms with van der Waals surface area (Å²) in [6, 6.07) is 3.51. The fourth-order valence-corrected chi connectivity index (χ4v) is 2.77. The minimum Gasteiger partial charge on any atom is -0.260 e. The molecule has 1 heterocycles. The van der Waals surface area contributed by atoms with E-state index in [1.165, 1.54) is 10.5 Å². The molecule has 1 aliphatic rings. The molecule has 5 heteroatoms. The van der Waals surface area contributed by atoms with E-state index in [4.69, 9.17) is 0 Å². The molecule has 4 nitrogen and oxygen atoms in total. The average molecular weight is 226 g/mol. The summed E-state index contributed by atoms with van der Waals surface area (Å²) < 4.78 is 25.5. The molecule has 1 aromatic heterocycles. The zero-order valence-corrected chi connectivity index (χ0v) is 9.66. The SMILES string of the molecule is Cc1ccc(S(=O)(=O)N(C)C2CC2)cn1. The van der Waals surface area contributed by atoms with E-state index in [2.05, 4.69) is 4.98 Å². The number of pyridine rings is 1. The Morgan fingerprint density at radius 3 is 2.53 bits per heavy atom. The van der Waals surface area contributed by atoms with Gasteiger partial charge in [-0.3, -0.25) is 4.98 Å². The van der Waals surface area contributed by atoms with E-state index in [0.29, 0.717) is 0 Å². The van der Waals surface area contributed by atoms with E-state index in [1.807, 2.05) is 6.92 Å². The Kier molecular flexibility index (Phi) is 2.52. The van der Waals surface area contributed by atoms with Crippen LogP contribution in [-0.2, 0) is 10.0 Å². The lowest BCUT2D eigenvalue weighted by Gasteiger charge is -2.15. The second-order valence-electron chi connectivity index (χ2n) is 3.89. The molecule has 82 valence electrons. The van der Waals surface area contributed by atoms with Crippen molar-refractivity contribution in [1.29, 1.82) is 0 Å². The number of aryl methyl sites for hydroxylation is 1. The predicted molar refractivity (Wildman–Crippen MR) is 56.9 cm³/mol.